The maximum atomic E-state index is 13.0. The van der Waals surface area contributed by atoms with Crippen molar-refractivity contribution >= 4 is 32.4 Å². The number of amides is 1. The predicted octanol–water partition coefficient (Wildman–Crippen LogP) is 4.30. The van der Waals surface area contributed by atoms with Gasteiger partial charge in [0.2, 0.25) is 9.47 Å². The molecule has 4 aromatic rings. The van der Waals surface area contributed by atoms with Crippen LogP contribution in [0.15, 0.2) is 77.1 Å². The van der Waals surface area contributed by atoms with E-state index < -0.39 is 15.9 Å². The molecule has 0 radical (unpaired) electrons. The van der Waals surface area contributed by atoms with Crippen molar-refractivity contribution in [2.45, 2.75) is 24.4 Å². The van der Waals surface area contributed by atoms with Gasteiger partial charge in [-0.3, -0.25) is 10.1 Å². The molecule has 0 fully saturated rings. The van der Waals surface area contributed by atoms with Gasteiger partial charge in [-0.15, -0.1) is 10.2 Å². The number of ether oxygens (including phenoxy) is 1. The summed E-state index contributed by atoms with van der Waals surface area (Å²) in [6, 6.07) is 19.9. The van der Waals surface area contributed by atoms with Gasteiger partial charge in [0.05, 0.1) is 0 Å². The number of aromatic nitrogens is 2. The van der Waals surface area contributed by atoms with Crippen LogP contribution in [-0.2, 0) is 23.2 Å². The van der Waals surface area contributed by atoms with Crippen molar-refractivity contribution in [2.24, 2.45) is 0 Å². The van der Waals surface area contributed by atoms with Crippen LogP contribution in [0.3, 0.4) is 0 Å². The zero-order valence-corrected chi connectivity index (χ0v) is 20.2. The molecule has 35 heavy (non-hydrogen) atoms. The third kappa shape index (κ3) is 6.69. The van der Waals surface area contributed by atoms with Gasteiger partial charge in [-0.1, -0.05) is 53.3 Å². The highest BCUT2D eigenvalue weighted by Crippen LogP contribution is 2.21. The number of benzene rings is 3. The Bertz CT molecular complexity index is 1410. The number of hydrogen-bond donors (Lipinski definition) is 2. The lowest BCUT2D eigenvalue weighted by atomic mass is 10.1. The smallest absolute Gasteiger partial charge is 0.270 e. The minimum atomic E-state index is -3.92. The van der Waals surface area contributed by atoms with E-state index in [2.05, 4.69) is 20.2 Å². The molecule has 0 unspecified atom stereocenters. The molecule has 4 rings (SSSR count). The number of carbonyl (C=O) groups excluding carboxylic acids is 1. The largest absolute Gasteiger partial charge is 0.489 e. The van der Waals surface area contributed by atoms with Crippen LogP contribution in [0.5, 0.6) is 5.75 Å². The zero-order chi connectivity index (χ0) is 24.8. The fourth-order valence-corrected chi connectivity index (χ4v) is 4.89. The highest BCUT2D eigenvalue weighted by atomic mass is 32.2. The molecular formula is C24H21FN4O4S2. The van der Waals surface area contributed by atoms with E-state index in [0.29, 0.717) is 16.9 Å². The Balaban J connectivity index is 1.30. The average Bonchev–Trinajstić information content (AvgIpc) is 3.33. The monoisotopic (exact) mass is 512 g/mol. The van der Waals surface area contributed by atoms with Crippen LogP contribution in [0, 0.1) is 12.7 Å². The number of hydrogen-bond acceptors (Lipinski definition) is 7. The molecule has 0 atom stereocenters. The van der Waals surface area contributed by atoms with Crippen molar-refractivity contribution in [3.05, 3.63) is 101 Å². The number of carbonyl (C=O) groups is 1. The standard InChI is InChI=1S/C24H21FN4O4S2/c1-16-2-8-19(9-3-16)22(30)27-23-28-29-24(34-23)35(31,32)26-14-17-6-12-21(13-7-17)33-15-18-4-10-20(25)11-5-18/h2-13,26H,14-15H2,1H3,(H,27,28,30). The van der Waals surface area contributed by atoms with Crippen LogP contribution >= 0.6 is 11.3 Å². The summed E-state index contributed by atoms with van der Waals surface area (Å²) in [6.07, 6.45) is 0. The molecule has 0 aliphatic rings. The van der Waals surface area contributed by atoms with Crippen LogP contribution in [0.25, 0.3) is 0 Å². The molecule has 0 saturated heterocycles. The minimum absolute atomic E-state index is 0.0330. The number of aryl methyl sites for hydroxylation is 1. The molecule has 1 aromatic heterocycles. The van der Waals surface area contributed by atoms with E-state index in [1.54, 1.807) is 60.7 Å². The van der Waals surface area contributed by atoms with Crippen LogP contribution in [0.4, 0.5) is 9.52 Å². The van der Waals surface area contributed by atoms with Crippen LogP contribution in [-0.4, -0.2) is 24.5 Å². The van der Waals surface area contributed by atoms with E-state index in [1.165, 1.54) is 12.1 Å². The van der Waals surface area contributed by atoms with Crippen molar-refractivity contribution in [1.29, 1.82) is 0 Å². The third-order valence-electron chi connectivity index (χ3n) is 4.88. The first kappa shape index (κ1) is 24.5. The molecule has 8 nitrogen and oxygen atoms in total. The molecule has 0 saturated carbocycles. The number of anilines is 1. The summed E-state index contributed by atoms with van der Waals surface area (Å²) in [5, 5.41) is 10.1. The molecule has 0 bridgehead atoms. The van der Waals surface area contributed by atoms with Gasteiger partial charge in [-0.05, 0) is 54.4 Å². The van der Waals surface area contributed by atoms with Gasteiger partial charge in [-0.2, -0.15) is 0 Å². The normalized spacial score (nSPS) is 11.3. The maximum Gasteiger partial charge on any atom is 0.270 e. The SMILES string of the molecule is Cc1ccc(C(=O)Nc2nnc(S(=O)(=O)NCc3ccc(OCc4ccc(F)cc4)cc3)s2)cc1. The summed E-state index contributed by atoms with van der Waals surface area (Å²) >= 11 is 0.761. The van der Waals surface area contributed by atoms with Gasteiger partial charge in [0, 0.05) is 12.1 Å². The summed E-state index contributed by atoms with van der Waals surface area (Å²) < 4.78 is 46.0. The number of sulfonamides is 1. The van der Waals surface area contributed by atoms with Gasteiger partial charge >= 0.3 is 0 Å². The topological polar surface area (TPSA) is 110 Å². The number of rotatable bonds is 9. The minimum Gasteiger partial charge on any atom is -0.489 e. The van der Waals surface area contributed by atoms with Gasteiger partial charge in [0.1, 0.15) is 18.2 Å². The van der Waals surface area contributed by atoms with E-state index >= 15 is 0 Å². The number of halogens is 1. The summed E-state index contributed by atoms with van der Waals surface area (Å²) in [7, 11) is -3.92. The number of nitrogens with one attached hydrogen (secondary N) is 2. The second-order valence-electron chi connectivity index (χ2n) is 7.58. The van der Waals surface area contributed by atoms with Gasteiger partial charge in [0.15, 0.2) is 0 Å². The fraction of sp³-hybridized carbons (Fsp3) is 0.125. The molecule has 11 heteroatoms. The summed E-state index contributed by atoms with van der Waals surface area (Å²) in [4.78, 5) is 12.3. The first-order valence-corrected chi connectivity index (χ1v) is 12.8. The van der Waals surface area contributed by atoms with Crippen molar-refractivity contribution in [3.63, 3.8) is 0 Å². The molecule has 180 valence electrons. The molecule has 0 aliphatic heterocycles. The fourth-order valence-electron chi connectivity index (χ4n) is 2.93. The third-order valence-corrected chi connectivity index (χ3v) is 7.49. The molecule has 0 aliphatic carbocycles. The second kappa shape index (κ2) is 10.7. The van der Waals surface area contributed by atoms with Crippen molar-refractivity contribution in [3.8, 4) is 5.75 Å². The Morgan fingerprint density at radius 2 is 1.60 bits per heavy atom. The zero-order valence-electron chi connectivity index (χ0n) is 18.6. The summed E-state index contributed by atoms with van der Waals surface area (Å²) in [5.74, 6) is -0.115. The number of nitrogens with zero attached hydrogens (tertiary/aromatic N) is 2. The van der Waals surface area contributed by atoms with Crippen LogP contribution in [0.1, 0.15) is 27.0 Å². The Kier molecular flexibility index (Phi) is 7.49. The lowest BCUT2D eigenvalue weighted by Crippen LogP contribution is -2.23. The summed E-state index contributed by atoms with van der Waals surface area (Å²) in [5.41, 5.74) is 2.98. The quantitative estimate of drug-likeness (QED) is 0.324. The van der Waals surface area contributed by atoms with Gasteiger partial charge in [0.25, 0.3) is 15.9 Å². The highest BCUT2D eigenvalue weighted by Gasteiger charge is 2.21. The Morgan fingerprint density at radius 3 is 2.29 bits per heavy atom. The van der Waals surface area contributed by atoms with E-state index in [9.17, 15) is 17.6 Å². The van der Waals surface area contributed by atoms with Gasteiger partial charge < -0.3 is 4.74 Å². The molecule has 1 amide bonds. The molecule has 0 spiro atoms. The van der Waals surface area contributed by atoms with E-state index in [-0.39, 0.29) is 28.4 Å². The Morgan fingerprint density at radius 1 is 0.943 bits per heavy atom. The Hall–Kier alpha value is -3.67. The van der Waals surface area contributed by atoms with Gasteiger partial charge in [-0.25, -0.2) is 17.5 Å². The molecule has 3 aromatic carbocycles. The molecule has 1 heterocycles. The van der Waals surface area contributed by atoms with Crippen molar-refractivity contribution in [1.82, 2.24) is 14.9 Å². The first-order chi connectivity index (χ1) is 16.8. The lowest BCUT2D eigenvalue weighted by Gasteiger charge is -2.08. The second-order valence-corrected chi connectivity index (χ2v) is 10.5. The average molecular weight is 513 g/mol. The van der Waals surface area contributed by atoms with Crippen molar-refractivity contribution < 1.29 is 22.3 Å². The molecule has 2 N–H and O–H groups in total. The highest BCUT2D eigenvalue weighted by molar-refractivity contribution is 7.91. The maximum absolute atomic E-state index is 13.0. The predicted molar refractivity (Wildman–Crippen MR) is 130 cm³/mol. The van der Waals surface area contributed by atoms with E-state index in [4.69, 9.17) is 4.74 Å². The lowest BCUT2D eigenvalue weighted by molar-refractivity contribution is 0.102. The van der Waals surface area contributed by atoms with E-state index in [0.717, 1.165) is 22.5 Å². The van der Waals surface area contributed by atoms with Crippen molar-refractivity contribution in [2.75, 3.05) is 5.32 Å². The first-order valence-electron chi connectivity index (χ1n) is 10.5. The molecular weight excluding hydrogens is 491 g/mol. The summed E-state index contributed by atoms with van der Waals surface area (Å²) in [6.45, 7) is 2.23. The van der Waals surface area contributed by atoms with Crippen LogP contribution < -0.4 is 14.8 Å². The van der Waals surface area contributed by atoms with E-state index in [1.807, 2.05) is 6.92 Å². The van der Waals surface area contributed by atoms with Crippen LogP contribution in [0.2, 0.25) is 0 Å². The Labute approximate surface area is 205 Å².